The Hall–Kier alpha value is -1.84. The van der Waals surface area contributed by atoms with E-state index in [1.165, 1.54) is 0 Å². The number of rotatable bonds is 6. The fraction of sp³-hybridized carbons (Fsp3) is 0.278. The van der Waals surface area contributed by atoms with Crippen LogP contribution in [0.25, 0.3) is 0 Å². The van der Waals surface area contributed by atoms with Gasteiger partial charge in [-0.05, 0) is 56.9 Å². The summed E-state index contributed by atoms with van der Waals surface area (Å²) in [6, 6.07) is 16.9. The lowest BCUT2D eigenvalue weighted by atomic mass is 10.0. The summed E-state index contributed by atoms with van der Waals surface area (Å²) in [5, 5.41) is 3.81. The van der Waals surface area contributed by atoms with Gasteiger partial charge in [-0.1, -0.05) is 41.9 Å². The highest BCUT2D eigenvalue weighted by atomic mass is 35.5. The molecule has 4 heteroatoms. The Balaban J connectivity index is 2.13. The lowest BCUT2D eigenvalue weighted by Crippen LogP contribution is -2.31. The first-order chi connectivity index (χ1) is 10.6. The number of amides is 1. The number of carbonyl (C=O) groups is 1. The zero-order valence-corrected chi connectivity index (χ0v) is 13.7. The summed E-state index contributed by atoms with van der Waals surface area (Å²) in [7, 11) is 4.05. The zero-order valence-electron chi connectivity index (χ0n) is 12.9. The normalized spacial score (nSPS) is 12.2. The highest BCUT2D eigenvalue weighted by molar-refractivity contribution is 6.30. The van der Waals surface area contributed by atoms with Crippen molar-refractivity contribution in [1.82, 2.24) is 10.2 Å². The fourth-order valence-electron chi connectivity index (χ4n) is 2.24. The van der Waals surface area contributed by atoms with Crippen molar-refractivity contribution in [2.75, 3.05) is 20.6 Å². The van der Waals surface area contributed by atoms with Crippen molar-refractivity contribution in [2.45, 2.75) is 12.5 Å². The lowest BCUT2D eigenvalue weighted by Gasteiger charge is -2.21. The molecule has 0 aliphatic carbocycles. The van der Waals surface area contributed by atoms with Crippen LogP contribution >= 0.6 is 11.6 Å². The maximum absolute atomic E-state index is 12.4. The molecule has 1 N–H and O–H groups in total. The maximum atomic E-state index is 12.4. The van der Waals surface area contributed by atoms with Gasteiger partial charge in [-0.25, -0.2) is 0 Å². The Morgan fingerprint density at radius 1 is 1.09 bits per heavy atom. The predicted octanol–water partition coefficient (Wildman–Crippen LogP) is 3.76. The Kier molecular flexibility index (Phi) is 5.99. The number of hydrogen-bond donors (Lipinski definition) is 1. The highest BCUT2D eigenvalue weighted by Crippen LogP contribution is 2.20. The molecule has 1 amide bonds. The molecule has 116 valence electrons. The first-order valence-corrected chi connectivity index (χ1v) is 7.70. The molecule has 2 aromatic rings. The van der Waals surface area contributed by atoms with Crippen LogP contribution in [0.4, 0.5) is 0 Å². The standard InChI is InChI=1S/C18H21ClN2O/c1-21(2)13-12-17(14-8-10-16(19)11-9-14)20-18(22)15-6-4-3-5-7-15/h3-11,17H,12-13H2,1-2H3,(H,20,22)/t17-/m1/s1. The predicted molar refractivity (Wildman–Crippen MR) is 91.3 cm³/mol. The minimum absolute atomic E-state index is 0.0348. The minimum Gasteiger partial charge on any atom is -0.345 e. The average molecular weight is 317 g/mol. The van der Waals surface area contributed by atoms with Gasteiger partial charge in [0.2, 0.25) is 0 Å². The number of hydrogen-bond acceptors (Lipinski definition) is 2. The van der Waals surface area contributed by atoms with Gasteiger partial charge in [-0.2, -0.15) is 0 Å². The third kappa shape index (κ3) is 4.86. The van der Waals surface area contributed by atoms with E-state index in [-0.39, 0.29) is 11.9 Å². The van der Waals surface area contributed by atoms with E-state index >= 15 is 0 Å². The smallest absolute Gasteiger partial charge is 0.251 e. The van der Waals surface area contributed by atoms with Crippen LogP contribution in [0.3, 0.4) is 0 Å². The molecular weight excluding hydrogens is 296 g/mol. The van der Waals surface area contributed by atoms with Crippen LogP contribution in [-0.4, -0.2) is 31.4 Å². The zero-order chi connectivity index (χ0) is 15.9. The lowest BCUT2D eigenvalue weighted by molar-refractivity contribution is 0.0932. The minimum atomic E-state index is -0.0562. The molecule has 0 aliphatic rings. The monoisotopic (exact) mass is 316 g/mol. The van der Waals surface area contributed by atoms with Crippen molar-refractivity contribution in [2.24, 2.45) is 0 Å². The summed E-state index contributed by atoms with van der Waals surface area (Å²) < 4.78 is 0. The molecule has 2 aromatic carbocycles. The van der Waals surface area contributed by atoms with E-state index in [9.17, 15) is 4.79 Å². The highest BCUT2D eigenvalue weighted by Gasteiger charge is 2.16. The van der Waals surface area contributed by atoms with Gasteiger partial charge in [0.25, 0.3) is 5.91 Å². The molecule has 0 saturated heterocycles. The van der Waals surface area contributed by atoms with E-state index in [0.717, 1.165) is 18.5 Å². The van der Waals surface area contributed by atoms with E-state index in [4.69, 9.17) is 11.6 Å². The summed E-state index contributed by atoms with van der Waals surface area (Å²) >= 11 is 5.95. The summed E-state index contributed by atoms with van der Waals surface area (Å²) in [5.74, 6) is -0.0562. The first-order valence-electron chi connectivity index (χ1n) is 7.32. The van der Waals surface area contributed by atoms with Gasteiger partial charge in [0, 0.05) is 10.6 Å². The third-order valence-electron chi connectivity index (χ3n) is 3.48. The van der Waals surface area contributed by atoms with Crippen molar-refractivity contribution < 1.29 is 4.79 Å². The van der Waals surface area contributed by atoms with E-state index in [0.29, 0.717) is 10.6 Å². The van der Waals surface area contributed by atoms with Crippen LogP contribution in [0.5, 0.6) is 0 Å². The molecule has 0 bridgehead atoms. The summed E-state index contributed by atoms with van der Waals surface area (Å²) in [4.78, 5) is 14.5. The molecule has 0 unspecified atom stereocenters. The number of halogens is 1. The average Bonchev–Trinajstić information content (AvgIpc) is 2.53. The molecule has 0 fully saturated rings. The van der Waals surface area contributed by atoms with Crippen molar-refractivity contribution >= 4 is 17.5 Å². The summed E-state index contributed by atoms with van der Waals surface area (Å²) in [6.45, 7) is 0.891. The fourth-order valence-corrected chi connectivity index (χ4v) is 2.36. The Bertz CT molecular complexity index is 596. The van der Waals surface area contributed by atoms with Crippen LogP contribution in [-0.2, 0) is 0 Å². The quantitative estimate of drug-likeness (QED) is 0.880. The molecule has 2 rings (SSSR count). The number of benzene rings is 2. The molecule has 0 aromatic heterocycles. The van der Waals surface area contributed by atoms with Gasteiger partial charge in [0.15, 0.2) is 0 Å². The molecule has 3 nitrogen and oxygen atoms in total. The van der Waals surface area contributed by atoms with Gasteiger partial charge in [-0.15, -0.1) is 0 Å². The van der Waals surface area contributed by atoms with Crippen LogP contribution in [0.2, 0.25) is 5.02 Å². The van der Waals surface area contributed by atoms with Gasteiger partial charge in [-0.3, -0.25) is 4.79 Å². The molecule has 1 atom stereocenters. The van der Waals surface area contributed by atoms with Crippen molar-refractivity contribution in [1.29, 1.82) is 0 Å². The molecule has 22 heavy (non-hydrogen) atoms. The molecule has 0 heterocycles. The summed E-state index contributed by atoms with van der Waals surface area (Å²) in [5.41, 5.74) is 1.74. The van der Waals surface area contributed by atoms with Gasteiger partial charge < -0.3 is 10.2 Å². The Morgan fingerprint density at radius 3 is 2.32 bits per heavy atom. The number of nitrogens with zero attached hydrogens (tertiary/aromatic N) is 1. The van der Waals surface area contributed by atoms with Gasteiger partial charge in [0.1, 0.15) is 0 Å². The van der Waals surface area contributed by atoms with E-state index in [1.54, 1.807) is 0 Å². The molecular formula is C18H21ClN2O. The largest absolute Gasteiger partial charge is 0.345 e. The van der Waals surface area contributed by atoms with Gasteiger partial charge in [0.05, 0.1) is 6.04 Å². The van der Waals surface area contributed by atoms with Crippen LogP contribution in [0.15, 0.2) is 54.6 Å². The van der Waals surface area contributed by atoms with Gasteiger partial charge >= 0.3 is 0 Å². The van der Waals surface area contributed by atoms with Crippen molar-refractivity contribution in [3.8, 4) is 0 Å². The summed E-state index contributed by atoms with van der Waals surface area (Å²) in [6.07, 6.45) is 0.840. The second-order valence-electron chi connectivity index (χ2n) is 5.54. The SMILES string of the molecule is CN(C)CC[C@@H](NC(=O)c1ccccc1)c1ccc(Cl)cc1. The van der Waals surface area contributed by atoms with E-state index < -0.39 is 0 Å². The van der Waals surface area contributed by atoms with E-state index in [1.807, 2.05) is 68.7 Å². The molecule has 0 radical (unpaired) electrons. The van der Waals surface area contributed by atoms with Crippen LogP contribution in [0.1, 0.15) is 28.4 Å². The van der Waals surface area contributed by atoms with Crippen LogP contribution in [0, 0.1) is 0 Å². The Labute approximate surface area is 136 Å². The second kappa shape index (κ2) is 7.97. The third-order valence-corrected chi connectivity index (χ3v) is 3.73. The molecule has 0 spiro atoms. The number of nitrogens with one attached hydrogen (secondary N) is 1. The van der Waals surface area contributed by atoms with Crippen LogP contribution < -0.4 is 5.32 Å². The van der Waals surface area contributed by atoms with E-state index in [2.05, 4.69) is 10.2 Å². The molecule has 0 saturated carbocycles. The van der Waals surface area contributed by atoms with Crippen molar-refractivity contribution in [3.63, 3.8) is 0 Å². The molecule has 0 aliphatic heterocycles. The number of carbonyl (C=O) groups excluding carboxylic acids is 1. The topological polar surface area (TPSA) is 32.3 Å². The second-order valence-corrected chi connectivity index (χ2v) is 5.97. The maximum Gasteiger partial charge on any atom is 0.251 e. The van der Waals surface area contributed by atoms with Crippen molar-refractivity contribution in [3.05, 3.63) is 70.7 Å². The first kappa shape index (κ1) is 16.5. The Morgan fingerprint density at radius 2 is 1.73 bits per heavy atom.